The molecule has 4 rings (SSSR count). The Bertz CT molecular complexity index is 1690. The minimum absolute atomic E-state index is 0.0591. The summed E-state index contributed by atoms with van der Waals surface area (Å²) in [6.07, 6.45) is -0.600. The highest BCUT2D eigenvalue weighted by Gasteiger charge is 2.59. The Morgan fingerprint density at radius 2 is 1.20 bits per heavy atom. The molecule has 3 aromatic carbocycles. The summed E-state index contributed by atoms with van der Waals surface area (Å²) in [7, 11) is -13.7. The first kappa shape index (κ1) is 30.0. The van der Waals surface area contributed by atoms with Gasteiger partial charge in [-0.2, -0.15) is 4.72 Å². The quantitative estimate of drug-likeness (QED) is 0.304. The van der Waals surface area contributed by atoms with Gasteiger partial charge in [0.05, 0.1) is 22.0 Å². The van der Waals surface area contributed by atoms with Gasteiger partial charge in [-0.3, -0.25) is 9.36 Å². The molecule has 12 heteroatoms. The third-order valence-electron chi connectivity index (χ3n) is 5.96. The molecule has 9 nitrogen and oxygen atoms in total. The van der Waals surface area contributed by atoms with Crippen molar-refractivity contribution in [3.8, 4) is 0 Å². The first-order valence-electron chi connectivity index (χ1n) is 12.5. The van der Waals surface area contributed by atoms with E-state index in [9.17, 15) is 26.2 Å². The molecule has 0 aromatic heterocycles. The molecule has 212 valence electrons. The normalized spacial score (nSPS) is 18.1. The molecule has 0 fully saturated rings. The van der Waals surface area contributed by atoms with Crippen LogP contribution in [0.2, 0.25) is 0 Å². The molecule has 1 atom stereocenters. The molecule has 0 saturated carbocycles. The van der Waals surface area contributed by atoms with E-state index in [0.29, 0.717) is 0 Å². The number of allylic oxidation sites excluding steroid dienone is 1. The second kappa shape index (κ2) is 11.2. The van der Waals surface area contributed by atoms with Crippen LogP contribution >= 0.6 is 7.60 Å². The van der Waals surface area contributed by atoms with Crippen molar-refractivity contribution in [1.29, 1.82) is 0 Å². The van der Waals surface area contributed by atoms with E-state index in [2.05, 4.69) is 4.72 Å². The van der Waals surface area contributed by atoms with Gasteiger partial charge in [-0.05, 0) is 58.0 Å². The topological polar surface area (TPSA) is 133 Å². The third kappa shape index (κ3) is 5.50. The van der Waals surface area contributed by atoms with Crippen molar-refractivity contribution < 1.29 is 35.2 Å². The molecule has 3 aromatic rings. The van der Waals surface area contributed by atoms with Gasteiger partial charge in [0.15, 0.2) is 5.28 Å². The first-order chi connectivity index (χ1) is 18.7. The highest BCUT2D eigenvalue weighted by Crippen LogP contribution is 2.68. The highest BCUT2D eigenvalue weighted by atomic mass is 32.2. The Morgan fingerprint density at radius 1 is 0.725 bits per heavy atom. The number of hydrogen-bond donors (Lipinski definition) is 1. The lowest BCUT2D eigenvalue weighted by Crippen LogP contribution is -2.49. The summed E-state index contributed by atoms with van der Waals surface area (Å²) < 4.78 is 84.6. The van der Waals surface area contributed by atoms with Gasteiger partial charge in [0.2, 0.25) is 25.6 Å². The maximum absolute atomic E-state index is 15.0. The fourth-order valence-electron chi connectivity index (χ4n) is 4.38. The van der Waals surface area contributed by atoms with Crippen molar-refractivity contribution in [2.75, 3.05) is 0 Å². The predicted molar refractivity (Wildman–Crippen MR) is 151 cm³/mol. The SMILES string of the molecule is CC(C)OP(=O)(OC(C)C)C1(NS(=O)(=O)c2ccccc2)C=C(S(=O)(=O)c2ccccc2)C(=O)c2ccccc21. The van der Waals surface area contributed by atoms with Crippen molar-refractivity contribution in [3.63, 3.8) is 0 Å². The molecule has 0 aliphatic heterocycles. The predicted octanol–water partition coefficient (Wildman–Crippen LogP) is 5.42. The second-order valence-electron chi connectivity index (χ2n) is 9.69. The van der Waals surface area contributed by atoms with Crippen LogP contribution in [0, 0.1) is 0 Å². The minimum Gasteiger partial charge on any atom is -0.304 e. The summed E-state index contributed by atoms with van der Waals surface area (Å²) in [5.74, 6) is -0.880. The van der Waals surface area contributed by atoms with Gasteiger partial charge in [0, 0.05) is 11.1 Å². The zero-order valence-electron chi connectivity index (χ0n) is 22.3. The molecular weight excluding hydrogens is 573 g/mol. The van der Waals surface area contributed by atoms with Gasteiger partial charge in [-0.1, -0.05) is 60.7 Å². The average molecular weight is 604 g/mol. The van der Waals surface area contributed by atoms with E-state index in [0.717, 1.165) is 6.08 Å². The van der Waals surface area contributed by atoms with Gasteiger partial charge in [-0.15, -0.1) is 0 Å². The fourth-order valence-corrected chi connectivity index (χ4v) is 10.2. The Balaban J connectivity index is 2.14. The van der Waals surface area contributed by atoms with Crippen LogP contribution in [-0.4, -0.2) is 34.8 Å². The van der Waals surface area contributed by atoms with E-state index >= 15 is 0 Å². The lowest BCUT2D eigenvalue weighted by molar-refractivity contribution is 0.103. The van der Waals surface area contributed by atoms with Crippen LogP contribution in [0.1, 0.15) is 43.6 Å². The Morgan fingerprint density at radius 3 is 1.73 bits per heavy atom. The maximum atomic E-state index is 15.0. The monoisotopic (exact) mass is 603 g/mol. The smallest absolute Gasteiger partial charge is 0.304 e. The second-order valence-corrected chi connectivity index (χ2v) is 15.4. The minimum atomic E-state index is -4.70. The molecule has 1 aliphatic carbocycles. The zero-order chi connectivity index (χ0) is 29.3. The zero-order valence-corrected chi connectivity index (χ0v) is 24.9. The van der Waals surface area contributed by atoms with E-state index in [-0.39, 0.29) is 20.9 Å². The molecule has 1 unspecified atom stereocenters. The molecule has 0 saturated heterocycles. The number of sulfonamides is 1. The lowest BCUT2D eigenvalue weighted by atomic mass is 9.92. The fraction of sp³-hybridized carbons (Fsp3) is 0.250. The Hall–Kier alpha value is -2.92. The summed E-state index contributed by atoms with van der Waals surface area (Å²) in [4.78, 5) is 12.6. The van der Waals surface area contributed by atoms with E-state index in [1.165, 1.54) is 72.8 Å². The number of rotatable bonds is 10. The molecule has 0 amide bonds. The van der Waals surface area contributed by atoms with Crippen LogP contribution in [-0.2, 0) is 38.8 Å². The molecule has 0 radical (unpaired) electrons. The van der Waals surface area contributed by atoms with Crippen LogP contribution < -0.4 is 4.72 Å². The largest absolute Gasteiger partial charge is 0.360 e. The van der Waals surface area contributed by atoms with Crippen molar-refractivity contribution >= 4 is 33.2 Å². The summed E-state index contributed by atoms with van der Waals surface area (Å²) in [5.41, 5.74) is -0.216. The summed E-state index contributed by atoms with van der Waals surface area (Å²) in [5, 5.41) is -2.43. The molecule has 1 N–H and O–H groups in total. The summed E-state index contributed by atoms with van der Waals surface area (Å²) >= 11 is 0. The average Bonchev–Trinajstić information content (AvgIpc) is 2.90. The van der Waals surface area contributed by atoms with Gasteiger partial charge in [-0.25, -0.2) is 16.8 Å². The van der Waals surface area contributed by atoms with Crippen molar-refractivity contribution in [3.05, 3.63) is 107 Å². The van der Waals surface area contributed by atoms with Gasteiger partial charge in [0.1, 0.15) is 4.91 Å². The Kier molecular flexibility index (Phi) is 8.38. The number of Topliss-reactive ketones (excluding diaryl/α,β-unsaturated/α-hetero) is 1. The van der Waals surface area contributed by atoms with E-state index in [1.54, 1.807) is 39.8 Å². The van der Waals surface area contributed by atoms with Gasteiger partial charge < -0.3 is 9.05 Å². The van der Waals surface area contributed by atoms with Gasteiger partial charge in [0.25, 0.3) is 0 Å². The van der Waals surface area contributed by atoms with E-state index in [4.69, 9.17) is 9.05 Å². The molecule has 1 aliphatic rings. The highest BCUT2D eigenvalue weighted by molar-refractivity contribution is 7.96. The maximum Gasteiger partial charge on any atom is 0.360 e. The number of carbonyl (C=O) groups is 1. The first-order valence-corrected chi connectivity index (χ1v) is 17.0. The number of ketones is 1. The third-order valence-corrected chi connectivity index (χ3v) is 12.1. The number of carbonyl (C=O) groups excluding carboxylic acids is 1. The Labute approximate surface area is 234 Å². The van der Waals surface area contributed by atoms with Crippen molar-refractivity contribution in [1.82, 2.24) is 4.72 Å². The molecule has 0 spiro atoms. The molecule has 0 bridgehead atoms. The van der Waals surface area contributed by atoms with Crippen LogP contribution in [0.25, 0.3) is 0 Å². The van der Waals surface area contributed by atoms with Crippen LogP contribution in [0.3, 0.4) is 0 Å². The number of benzene rings is 3. The van der Waals surface area contributed by atoms with Gasteiger partial charge >= 0.3 is 7.60 Å². The van der Waals surface area contributed by atoms with Crippen LogP contribution in [0.15, 0.2) is 106 Å². The number of fused-ring (bicyclic) bond motifs is 1. The van der Waals surface area contributed by atoms with Crippen LogP contribution in [0.4, 0.5) is 0 Å². The summed E-state index contributed by atoms with van der Waals surface area (Å²) in [6.45, 7) is 6.34. The van der Waals surface area contributed by atoms with E-state index < -0.39 is 55.6 Å². The molecular formula is C28H30NO8PS2. The summed E-state index contributed by atoms with van der Waals surface area (Å²) in [6, 6.07) is 20.3. The van der Waals surface area contributed by atoms with Crippen molar-refractivity contribution in [2.24, 2.45) is 0 Å². The molecule has 0 heterocycles. The lowest BCUT2D eigenvalue weighted by Gasteiger charge is -2.42. The van der Waals surface area contributed by atoms with Crippen molar-refractivity contribution in [2.45, 2.75) is 55.0 Å². The number of sulfone groups is 1. The standard InChI is InChI=1S/C28H30NO8PS2/c1-20(2)36-38(31,37-21(3)4)28(29-40(34,35)23-15-9-6-10-16-23)19-26(27(30)24-17-11-12-18-25(24)28)39(32,33)22-13-7-5-8-14-22/h5-21,29H,1-4H3. The molecule has 40 heavy (non-hydrogen) atoms. The number of nitrogens with one attached hydrogen (secondary N) is 1. The van der Waals surface area contributed by atoms with Crippen LogP contribution in [0.5, 0.6) is 0 Å². The number of hydrogen-bond acceptors (Lipinski definition) is 8. The van der Waals surface area contributed by atoms with E-state index in [1.807, 2.05) is 0 Å².